The van der Waals surface area contributed by atoms with Crippen molar-refractivity contribution >= 4 is 5.91 Å². The first-order chi connectivity index (χ1) is 11.4. The molecule has 24 heavy (non-hydrogen) atoms. The first-order valence-corrected chi connectivity index (χ1v) is 7.89. The summed E-state index contributed by atoms with van der Waals surface area (Å²) in [5.41, 5.74) is 0.986. The fourth-order valence-electron chi connectivity index (χ4n) is 3.10. The van der Waals surface area contributed by atoms with E-state index in [0.717, 1.165) is 18.4 Å². The van der Waals surface area contributed by atoms with E-state index in [1.807, 2.05) is 28.4 Å². The summed E-state index contributed by atoms with van der Waals surface area (Å²) in [4.78, 5) is 13.7. The molecule has 132 valence electrons. The Balaban J connectivity index is 1.64. The first-order valence-electron chi connectivity index (χ1n) is 7.89. The van der Waals surface area contributed by atoms with Gasteiger partial charge in [-0.2, -0.15) is 13.2 Å². The number of likely N-dealkylation sites (tertiary alicyclic amines) is 1. The van der Waals surface area contributed by atoms with Gasteiger partial charge in [0.25, 0.3) is 0 Å². The van der Waals surface area contributed by atoms with Gasteiger partial charge in [-0.15, -0.1) is 0 Å². The number of nitrogens with zero attached hydrogens (tertiary/aromatic N) is 1. The molecule has 0 aromatic heterocycles. The molecule has 0 spiro atoms. The maximum Gasteiger partial charge on any atom is 0.405 e. The van der Waals surface area contributed by atoms with Crippen LogP contribution in [0.15, 0.2) is 18.2 Å². The van der Waals surface area contributed by atoms with Crippen molar-refractivity contribution in [1.82, 2.24) is 10.2 Å². The highest BCUT2D eigenvalue weighted by Gasteiger charge is 2.31. The van der Waals surface area contributed by atoms with Crippen molar-refractivity contribution < 1.29 is 27.4 Å². The lowest BCUT2D eigenvalue weighted by molar-refractivity contribution is -0.139. The van der Waals surface area contributed by atoms with Gasteiger partial charge in [-0.3, -0.25) is 9.69 Å². The Hall–Kier alpha value is -1.96. The summed E-state index contributed by atoms with van der Waals surface area (Å²) in [6.45, 7) is 0.341. The molecule has 3 rings (SSSR count). The van der Waals surface area contributed by atoms with Crippen LogP contribution in [0.5, 0.6) is 11.5 Å². The van der Waals surface area contributed by atoms with Gasteiger partial charge < -0.3 is 14.8 Å². The molecule has 1 saturated heterocycles. The molecule has 1 aromatic rings. The summed E-state index contributed by atoms with van der Waals surface area (Å²) < 4.78 is 47.6. The summed E-state index contributed by atoms with van der Waals surface area (Å²) in [7, 11) is 0. The standard InChI is InChI=1S/C16H19F3N2O3/c17-16(18,19)10-20-15(22)9-21-5-1-2-12(21)11-3-4-13-14(8-11)24-7-6-23-13/h3-4,8,12H,1-2,5-7,9-10H2,(H,20,22)/t12-/m0/s1. The van der Waals surface area contributed by atoms with Crippen LogP contribution in [-0.4, -0.2) is 49.8 Å². The molecule has 1 fully saturated rings. The van der Waals surface area contributed by atoms with Crippen LogP contribution in [-0.2, 0) is 4.79 Å². The van der Waals surface area contributed by atoms with Crippen LogP contribution in [0.1, 0.15) is 24.4 Å². The Morgan fingerprint density at radius 2 is 2.00 bits per heavy atom. The molecule has 0 unspecified atom stereocenters. The number of hydrogen-bond acceptors (Lipinski definition) is 4. The van der Waals surface area contributed by atoms with Crippen molar-refractivity contribution in [3.8, 4) is 11.5 Å². The van der Waals surface area contributed by atoms with Crippen LogP contribution >= 0.6 is 0 Å². The zero-order valence-corrected chi connectivity index (χ0v) is 13.1. The number of alkyl halides is 3. The van der Waals surface area contributed by atoms with Gasteiger partial charge >= 0.3 is 6.18 Å². The molecule has 5 nitrogen and oxygen atoms in total. The van der Waals surface area contributed by atoms with Crippen LogP contribution in [0.4, 0.5) is 13.2 Å². The molecule has 0 bridgehead atoms. The van der Waals surface area contributed by atoms with E-state index in [2.05, 4.69) is 0 Å². The third-order valence-corrected chi connectivity index (χ3v) is 4.15. The Labute approximate surface area is 137 Å². The van der Waals surface area contributed by atoms with Gasteiger partial charge in [0.15, 0.2) is 11.5 Å². The SMILES string of the molecule is O=C(CN1CCC[C@H]1c1ccc2c(c1)OCCO2)NCC(F)(F)F. The lowest BCUT2D eigenvalue weighted by Crippen LogP contribution is -2.40. The van der Waals surface area contributed by atoms with Crippen LogP contribution in [0.25, 0.3) is 0 Å². The van der Waals surface area contributed by atoms with Crippen LogP contribution in [0.2, 0.25) is 0 Å². The predicted molar refractivity (Wildman–Crippen MR) is 80.0 cm³/mol. The molecule has 2 aliphatic rings. The van der Waals surface area contributed by atoms with Gasteiger partial charge in [-0.25, -0.2) is 0 Å². The lowest BCUT2D eigenvalue weighted by atomic mass is 10.0. The number of rotatable bonds is 4. The minimum Gasteiger partial charge on any atom is -0.486 e. The summed E-state index contributed by atoms with van der Waals surface area (Å²) >= 11 is 0. The van der Waals surface area contributed by atoms with Gasteiger partial charge in [-0.05, 0) is 37.1 Å². The zero-order valence-electron chi connectivity index (χ0n) is 13.1. The van der Waals surface area contributed by atoms with E-state index in [9.17, 15) is 18.0 Å². The van der Waals surface area contributed by atoms with Crippen molar-refractivity contribution in [2.24, 2.45) is 0 Å². The van der Waals surface area contributed by atoms with E-state index in [-0.39, 0.29) is 12.6 Å². The molecule has 2 aliphatic heterocycles. The monoisotopic (exact) mass is 344 g/mol. The van der Waals surface area contributed by atoms with E-state index in [4.69, 9.17) is 9.47 Å². The van der Waals surface area contributed by atoms with Crippen LogP contribution in [0, 0.1) is 0 Å². The number of nitrogens with one attached hydrogen (secondary N) is 1. The molecule has 1 aromatic carbocycles. The van der Waals surface area contributed by atoms with E-state index in [1.54, 1.807) is 0 Å². The Kier molecular flexibility index (Phi) is 4.84. The molecule has 0 saturated carbocycles. The van der Waals surface area contributed by atoms with Gasteiger partial charge in [0.1, 0.15) is 19.8 Å². The number of ether oxygens (including phenoxy) is 2. The van der Waals surface area contributed by atoms with Crippen LogP contribution < -0.4 is 14.8 Å². The average Bonchev–Trinajstić information content (AvgIpc) is 3.00. The second-order valence-electron chi connectivity index (χ2n) is 5.92. The molecule has 0 aliphatic carbocycles. The Morgan fingerprint density at radius 3 is 2.75 bits per heavy atom. The summed E-state index contributed by atoms with van der Waals surface area (Å²) in [6, 6.07) is 5.65. The maximum atomic E-state index is 12.2. The van der Waals surface area contributed by atoms with E-state index in [0.29, 0.717) is 31.3 Å². The molecular formula is C16H19F3N2O3. The largest absolute Gasteiger partial charge is 0.486 e. The van der Waals surface area contributed by atoms with Crippen molar-refractivity contribution in [1.29, 1.82) is 0 Å². The summed E-state index contributed by atoms with van der Waals surface area (Å²) in [5.74, 6) is 0.751. The molecule has 0 radical (unpaired) electrons. The van der Waals surface area contributed by atoms with E-state index >= 15 is 0 Å². The normalized spacial score (nSPS) is 20.9. The highest BCUT2D eigenvalue weighted by molar-refractivity contribution is 5.78. The van der Waals surface area contributed by atoms with Crippen molar-refractivity contribution in [3.05, 3.63) is 23.8 Å². The van der Waals surface area contributed by atoms with E-state index in [1.165, 1.54) is 0 Å². The summed E-state index contributed by atoms with van der Waals surface area (Å²) in [6.07, 6.45) is -2.65. The highest BCUT2D eigenvalue weighted by Crippen LogP contribution is 2.37. The van der Waals surface area contributed by atoms with Crippen molar-refractivity contribution in [2.75, 3.05) is 32.8 Å². The molecule has 1 atom stereocenters. The second-order valence-corrected chi connectivity index (χ2v) is 5.92. The number of halogens is 3. The molecular weight excluding hydrogens is 325 g/mol. The van der Waals surface area contributed by atoms with Gasteiger partial charge in [-0.1, -0.05) is 6.07 Å². The molecule has 2 heterocycles. The van der Waals surface area contributed by atoms with Gasteiger partial charge in [0, 0.05) is 6.04 Å². The minimum atomic E-state index is -4.39. The number of hydrogen-bond donors (Lipinski definition) is 1. The lowest BCUT2D eigenvalue weighted by Gasteiger charge is -2.26. The number of carbonyl (C=O) groups is 1. The van der Waals surface area contributed by atoms with Gasteiger partial charge in [0.05, 0.1) is 6.54 Å². The van der Waals surface area contributed by atoms with Crippen molar-refractivity contribution in [3.63, 3.8) is 0 Å². The molecule has 1 amide bonds. The fraction of sp³-hybridized carbons (Fsp3) is 0.562. The van der Waals surface area contributed by atoms with Crippen molar-refractivity contribution in [2.45, 2.75) is 25.1 Å². The number of amides is 1. The second kappa shape index (κ2) is 6.88. The van der Waals surface area contributed by atoms with Gasteiger partial charge in [0.2, 0.25) is 5.91 Å². The smallest absolute Gasteiger partial charge is 0.405 e. The predicted octanol–water partition coefficient (Wildman–Crippen LogP) is 2.27. The zero-order chi connectivity index (χ0) is 17.2. The number of benzene rings is 1. The van der Waals surface area contributed by atoms with E-state index < -0.39 is 18.6 Å². The average molecular weight is 344 g/mol. The topological polar surface area (TPSA) is 50.8 Å². The quantitative estimate of drug-likeness (QED) is 0.910. The molecule has 8 heteroatoms. The first kappa shape index (κ1) is 16.9. The third-order valence-electron chi connectivity index (χ3n) is 4.15. The Morgan fingerprint density at radius 1 is 1.25 bits per heavy atom. The molecule has 1 N–H and O–H groups in total. The number of carbonyl (C=O) groups excluding carboxylic acids is 1. The maximum absolute atomic E-state index is 12.2. The summed E-state index contributed by atoms with van der Waals surface area (Å²) in [5, 5.41) is 1.92. The highest BCUT2D eigenvalue weighted by atomic mass is 19.4. The van der Waals surface area contributed by atoms with Crippen LogP contribution in [0.3, 0.4) is 0 Å². The number of fused-ring (bicyclic) bond motifs is 1. The Bertz CT molecular complexity index is 607. The minimum absolute atomic E-state index is 0.00235. The fourth-order valence-corrected chi connectivity index (χ4v) is 3.10. The third kappa shape index (κ3) is 4.11.